The van der Waals surface area contributed by atoms with Crippen LogP contribution in [-0.2, 0) is 0 Å². The summed E-state index contributed by atoms with van der Waals surface area (Å²) in [6.07, 6.45) is 9.51. The Kier molecular flexibility index (Phi) is 3.69. The van der Waals surface area contributed by atoms with Gasteiger partial charge in [-0.25, -0.2) is 10.4 Å². The first kappa shape index (κ1) is 11.6. The average Bonchev–Trinajstić information content (AvgIpc) is 2.29. The molecule has 0 spiro atoms. The van der Waals surface area contributed by atoms with Crippen molar-refractivity contribution in [2.75, 3.05) is 5.43 Å². The van der Waals surface area contributed by atoms with E-state index in [1.54, 1.807) is 6.92 Å². The summed E-state index contributed by atoms with van der Waals surface area (Å²) in [6, 6.07) is 1.45. The summed E-state index contributed by atoms with van der Waals surface area (Å²) in [5, 5.41) is 4.11. The first-order valence-electron chi connectivity index (χ1n) is 5.76. The molecule has 0 saturated heterocycles. The van der Waals surface area contributed by atoms with Crippen LogP contribution in [0.5, 0.6) is 0 Å². The number of hydrazone groups is 1. The van der Waals surface area contributed by atoms with Crippen LogP contribution in [-0.4, -0.2) is 16.2 Å². The third-order valence-electron chi connectivity index (χ3n) is 2.64. The van der Waals surface area contributed by atoms with Crippen LogP contribution in [0.3, 0.4) is 0 Å². The molecule has 1 aromatic rings. The first-order valence-corrected chi connectivity index (χ1v) is 5.76. The van der Waals surface area contributed by atoms with Gasteiger partial charge in [-0.15, -0.1) is 0 Å². The SMILES string of the molecule is Cc1cc(=O)[nH]c(N/N=C/C2CC=CCC2)n1. The number of rotatable bonds is 3. The highest BCUT2D eigenvalue weighted by Gasteiger charge is 2.06. The summed E-state index contributed by atoms with van der Waals surface area (Å²) in [4.78, 5) is 17.9. The molecule has 0 fully saturated rings. The normalized spacial score (nSPS) is 19.7. The minimum absolute atomic E-state index is 0.171. The number of nitrogens with zero attached hydrogens (tertiary/aromatic N) is 2. The predicted molar refractivity (Wildman–Crippen MR) is 68.2 cm³/mol. The fraction of sp³-hybridized carbons (Fsp3) is 0.417. The van der Waals surface area contributed by atoms with E-state index >= 15 is 0 Å². The standard InChI is InChI=1S/C12H16N4O/c1-9-7-11(17)15-12(14-9)16-13-8-10-5-3-2-4-6-10/h2-3,7-8,10H,4-6H2,1H3,(H2,14,15,16,17)/b13-8+. The van der Waals surface area contributed by atoms with Gasteiger partial charge in [0.15, 0.2) is 0 Å². The van der Waals surface area contributed by atoms with Crippen LogP contribution in [0.1, 0.15) is 25.0 Å². The molecule has 1 atom stereocenters. The van der Waals surface area contributed by atoms with Crippen LogP contribution >= 0.6 is 0 Å². The minimum atomic E-state index is -0.171. The molecule has 0 aromatic carbocycles. The van der Waals surface area contributed by atoms with Crippen molar-refractivity contribution in [3.05, 3.63) is 34.3 Å². The van der Waals surface area contributed by atoms with Crippen LogP contribution in [0.4, 0.5) is 5.95 Å². The van der Waals surface area contributed by atoms with Crippen molar-refractivity contribution >= 4 is 12.2 Å². The fourth-order valence-corrected chi connectivity index (χ4v) is 1.79. The molecule has 1 aliphatic rings. The molecule has 90 valence electrons. The second kappa shape index (κ2) is 5.43. The summed E-state index contributed by atoms with van der Waals surface area (Å²) < 4.78 is 0. The second-order valence-corrected chi connectivity index (χ2v) is 4.17. The van der Waals surface area contributed by atoms with Crippen molar-refractivity contribution in [3.63, 3.8) is 0 Å². The number of allylic oxidation sites excluding steroid dienone is 2. The molecule has 1 aliphatic carbocycles. The van der Waals surface area contributed by atoms with Crippen LogP contribution in [0.15, 0.2) is 28.1 Å². The summed E-state index contributed by atoms with van der Waals surface area (Å²) in [5.74, 6) is 0.863. The van der Waals surface area contributed by atoms with Gasteiger partial charge in [-0.3, -0.25) is 9.78 Å². The van der Waals surface area contributed by atoms with E-state index < -0.39 is 0 Å². The van der Waals surface area contributed by atoms with Gasteiger partial charge in [0, 0.05) is 18.0 Å². The molecule has 0 amide bonds. The van der Waals surface area contributed by atoms with Crippen molar-refractivity contribution in [2.24, 2.45) is 11.0 Å². The molecule has 5 nitrogen and oxygen atoms in total. The number of hydrogen-bond acceptors (Lipinski definition) is 4. The van der Waals surface area contributed by atoms with Crippen molar-refractivity contribution in [1.82, 2.24) is 9.97 Å². The van der Waals surface area contributed by atoms with Gasteiger partial charge in [-0.1, -0.05) is 12.2 Å². The first-order chi connectivity index (χ1) is 8.24. The van der Waals surface area contributed by atoms with Gasteiger partial charge >= 0.3 is 0 Å². The molecular weight excluding hydrogens is 216 g/mol. The van der Waals surface area contributed by atoms with Gasteiger partial charge in [0.1, 0.15) is 0 Å². The van der Waals surface area contributed by atoms with Gasteiger partial charge in [-0.2, -0.15) is 5.10 Å². The van der Waals surface area contributed by atoms with Gasteiger partial charge in [0.2, 0.25) is 5.95 Å². The largest absolute Gasteiger partial charge is 0.291 e. The van der Waals surface area contributed by atoms with Crippen molar-refractivity contribution in [1.29, 1.82) is 0 Å². The summed E-state index contributed by atoms with van der Waals surface area (Å²) in [7, 11) is 0. The zero-order valence-electron chi connectivity index (χ0n) is 9.81. The number of aryl methyl sites for hydroxylation is 1. The summed E-state index contributed by atoms with van der Waals surface area (Å²) in [6.45, 7) is 1.77. The predicted octanol–water partition coefficient (Wildman–Crippen LogP) is 1.83. The number of nitrogens with one attached hydrogen (secondary N) is 2. The van der Waals surface area contributed by atoms with E-state index in [1.807, 2.05) is 6.21 Å². The van der Waals surface area contributed by atoms with Crippen LogP contribution in [0.2, 0.25) is 0 Å². The van der Waals surface area contributed by atoms with E-state index in [1.165, 1.54) is 6.07 Å². The van der Waals surface area contributed by atoms with Crippen molar-refractivity contribution < 1.29 is 0 Å². The average molecular weight is 232 g/mol. The van der Waals surface area contributed by atoms with E-state index in [9.17, 15) is 4.79 Å². The lowest BCUT2D eigenvalue weighted by Gasteiger charge is -2.11. The number of anilines is 1. The lowest BCUT2D eigenvalue weighted by Crippen LogP contribution is -2.11. The van der Waals surface area contributed by atoms with E-state index in [-0.39, 0.29) is 5.56 Å². The molecule has 1 aromatic heterocycles. The van der Waals surface area contributed by atoms with Gasteiger partial charge in [-0.05, 0) is 32.1 Å². The molecule has 0 radical (unpaired) electrons. The number of aromatic nitrogens is 2. The molecular formula is C12H16N4O. The molecule has 5 heteroatoms. The number of H-pyrrole nitrogens is 1. The van der Waals surface area contributed by atoms with E-state index in [2.05, 4.69) is 32.6 Å². The molecule has 0 bridgehead atoms. The quantitative estimate of drug-likeness (QED) is 0.474. The fourth-order valence-electron chi connectivity index (χ4n) is 1.79. The Labute approximate surface area is 99.7 Å². The molecule has 17 heavy (non-hydrogen) atoms. The Morgan fingerprint density at radius 1 is 1.59 bits per heavy atom. The van der Waals surface area contributed by atoms with Crippen LogP contribution in [0, 0.1) is 12.8 Å². The summed E-state index contributed by atoms with van der Waals surface area (Å²) in [5.41, 5.74) is 3.25. The Balaban J connectivity index is 1.94. The summed E-state index contributed by atoms with van der Waals surface area (Å²) >= 11 is 0. The van der Waals surface area contributed by atoms with E-state index in [0.29, 0.717) is 17.6 Å². The van der Waals surface area contributed by atoms with Gasteiger partial charge in [0.25, 0.3) is 5.56 Å². The molecule has 1 unspecified atom stereocenters. The Morgan fingerprint density at radius 3 is 3.18 bits per heavy atom. The van der Waals surface area contributed by atoms with Crippen molar-refractivity contribution in [2.45, 2.75) is 26.2 Å². The van der Waals surface area contributed by atoms with Crippen molar-refractivity contribution in [3.8, 4) is 0 Å². The maximum absolute atomic E-state index is 11.2. The maximum atomic E-state index is 11.2. The lowest BCUT2D eigenvalue weighted by atomic mass is 9.96. The highest BCUT2D eigenvalue weighted by Crippen LogP contribution is 2.15. The molecule has 2 rings (SSSR count). The highest BCUT2D eigenvalue weighted by molar-refractivity contribution is 5.62. The molecule has 0 aliphatic heterocycles. The second-order valence-electron chi connectivity index (χ2n) is 4.17. The van der Waals surface area contributed by atoms with E-state index in [0.717, 1.165) is 19.3 Å². The minimum Gasteiger partial charge on any atom is -0.291 e. The number of aromatic amines is 1. The maximum Gasteiger partial charge on any atom is 0.252 e. The highest BCUT2D eigenvalue weighted by atomic mass is 16.1. The zero-order chi connectivity index (χ0) is 12.1. The Morgan fingerprint density at radius 2 is 2.47 bits per heavy atom. The zero-order valence-corrected chi connectivity index (χ0v) is 9.81. The Bertz CT molecular complexity index is 490. The topological polar surface area (TPSA) is 70.1 Å². The van der Waals surface area contributed by atoms with Crippen LogP contribution < -0.4 is 11.0 Å². The van der Waals surface area contributed by atoms with Gasteiger partial charge in [0.05, 0.1) is 0 Å². The van der Waals surface area contributed by atoms with E-state index in [4.69, 9.17) is 0 Å². The smallest absolute Gasteiger partial charge is 0.252 e. The molecule has 2 N–H and O–H groups in total. The lowest BCUT2D eigenvalue weighted by molar-refractivity contribution is 0.627. The number of hydrogen-bond donors (Lipinski definition) is 2. The third-order valence-corrected chi connectivity index (χ3v) is 2.64. The van der Waals surface area contributed by atoms with Gasteiger partial charge < -0.3 is 0 Å². The monoisotopic (exact) mass is 232 g/mol. The van der Waals surface area contributed by atoms with Crippen LogP contribution in [0.25, 0.3) is 0 Å². The Hall–Kier alpha value is -1.91. The molecule has 0 saturated carbocycles. The third kappa shape index (κ3) is 3.55. The molecule has 1 heterocycles.